The first kappa shape index (κ1) is 21.5. The fourth-order valence-electron chi connectivity index (χ4n) is 2.44. The van der Waals surface area contributed by atoms with Gasteiger partial charge in [-0.25, -0.2) is 4.79 Å². The normalized spacial score (nSPS) is 10.3. The maximum absolute atomic E-state index is 12.3. The molecule has 1 heterocycles. The van der Waals surface area contributed by atoms with Gasteiger partial charge in [-0.1, -0.05) is 41.3 Å². The Labute approximate surface area is 181 Å². The van der Waals surface area contributed by atoms with Crippen LogP contribution in [-0.2, 0) is 9.53 Å². The highest BCUT2D eigenvalue weighted by atomic mass is 32.2. The van der Waals surface area contributed by atoms with E-state index in [0.29, 0.717) is 26.3 Å². The van der Waals surface area contributed by atoms with Crippen LogP contribution < -0.4 is 10.6 Å². The van der Waals surface area contributed by atoms with Crippen molar-refractivity contribution in [3.63, 3.8) is 0 Å². The Balaban J connectivity index is 1.50. The zero-order chi connectivity index (χ0) is 21.5. The third-order valence-corrected chi connectivity index (χ3v) is 5.91. The highest BCUT2D eigenvalue weighted by Crippen LogP contribution is 2.26. The lowest BCUT2D eigenvalue weighted by Gasteiger charge is -2.05. The summed E-state index contributed by atoms with van der Waals surface area (Å²) in [6.07, 6.45) is 0. The molecule has 0 spiro atoms. The average molecular weight is 443 g/mol. The minimum atomic E-state index is -0.440. The van der Waals surface area contributed by atoms with Crippen LogP contribution in [0.1, 0.15) is 26.3 Å². The van der Waals surface area contributed by atoms with Crippen molar-refractivity contribution in [3.05, 3.63) is 65.2 Å². The number of anilines is 2. The summed E-state index contributed by atoms with van der Waals surface area (Å²) >= 11 is 2.41. The summed E-state index contributed by atoms with van der Waals surface area (Å²) in [5.41, 5.74) is 2.40. The number of carbonyl (C=O) groups excluding carboxylic acids is 3. The predicted octanol–water partition coefficient (Wildman–Crippen LogP) is 3.62. The molecule has 3 rings (SSSR count). The maximum atomic E-state index is 12.3. The lowest BCUT2D eigenvalue weighted by atomic mass is 10.1. The number of thioether (sulfide) groups is 1. The number of aromatic nitrogens is 2. The third-order valence-electron chi connectivity index (χ3n) is 3.93. The molecule has 2 N–H and O–H groups in total. The molecular weight excluding hydrogens is 424 g/mol. The molecule has 0 unspecified atom stereocenters. The second kappa shape index (κ2) is 9.99. The van der Waals surface area contributed by atoms with Crippen molar-refractivity contribution < 1.29 is 19.1 Å². The molecule has 2 amide bonds. The van der Waals surface area contributed by atoms with E-state index in [1.807, 2.05) is 19.1 Å². The largest absolute Gasteiger partial charge is 0.465 e. The molecule has 10 heteroatoms. The van der Waals surface area contributed by atoms with Gasteiger partial charge in [-0.15, -0.1) is 10.2 Å². The first-order valence-electron chi connectivity index (χ1n) is 8.78. The molecule has 0 aliphatic heterocycles. The zero-order valence-electron chi connectivity index (χ0n) is 16.2. The van der Waals surface area contributed by atoms with Gasteiger partial charge in [0, 0.05) is 11.3 Å². The molecule has 154 valence electrons. The topological polar surface area (TPSA) is 110 Å². The van der Waals surface area contributed by atoms with Crippen LogP contribution >= 0.6 is 23.1 Å². The highest BCUT2D eigenvalue weighted by molar-refractivity contribution is 8.01. The molecule has 8 nitrogen and oxygen atoms in total. The van der Waals surface area contributed by atoms with Crippen LogP contribution in [0.2, 0.25) is 0 Å². The van der Waals surface area contributed by atoms with Gasteiger partial charge < -0.3 is 10.1 Å². The van der Waals surface area contributed by atoms with Gasteiger partial charge in [0.2, 0.25) is 11.0 Å². The van der Waals surface area contributed by atoms with Crippen LogP contribution in [0, 0.1) is 6.92 Å². The van der Waals surface area contributed by atoms with Crippen molar-refractivity contribution in [2.24, 2.45) is 0 Å². The molecule has 0 radical (unpaired) electrons. The van der Waals surface area contributed by atoms with E-state index in [1.165, 1.54) is 30.2 Å². The number of amides is 2. The summed E-state index contributed by atoms with van der Waals surface area (Å²) in [4.78, 5) is 35.9. The number of carbonyl (C=O) groups is 3. The van der Waals surface area contributed by atoms with Crippen molar-refractivity contribution in [2.45, 2.75) is 11.3 Å². The SMILES string of the molecule is COC(=O)c1ccc(NC(=O)CSc2nnc(NC(=O)c3ccccc3C)s2)cc1. The number of ether oxygens (including phenoxy) is 1. The van der Waals surface area contributed by atoms with Crippen molar-refractivity contribution >= 4 is 51.7 Å². The second-order valence-electron chi connectivity index (χ2n) is 6.05. The Morgan fingerprint density at radius 2 is 1.77 bits per heavy atom. The van der Waals surface area contributed by atoms with Gasteiger partial charge in [-0.3, -0.25) is 14.9 Å². The van der Waals surface area contributed by atoms with Crippen LogP contribution in [0.15, 0.2) is 52.9 Å². The average Bonchev–Trinajstić information content (AvgIpc) is 3.19. The number of esters is 1. The van der Waals surface area contributed by atoms with Gasteiger partial charge in [-0.05, 0) is 42.8 Å². The summed E-state index contributed by atoms with van der Waals surface area (Å²) in [7, 11) is 1.31. The van der Waals surface area contributed by atoms with Crippen molar-refractivity contribution in [1.82, 2.24) is 10.2 Å². The molecule has 0 bridgehead atoms. The minimum Gasteiger partial charge on any atom is -0.465 e. The van der Waals surface area contributed by atoms with E-state index in [-0.39, 0.29) is 17.6 Å². The standard InChI is InChI=1S/C20H18N4O4S2/c1-12-5-3-4-6-15(12)17(26)22-19-23-24-20(30-19)29-11-16(25)21-14-9-7-13(8-10-14)18(27)28-2/h3-10H,11H2,1-2H3,(H,21,25)(H,22,23,26). The molecule has 30 heavy (non-hydrogen) atoms. The Morgan fingerprint density at radius 1 is 1.03 bits per heavy atom. The highest BCUT2D eigenvalue weighted by Gasteiger charge is 2.13. The molecule has 0 saturated heterocycles. The molecule has 0 aliphatic carbocycles. The van der Waals surface area contributed by atoms with Crippen LogP contribution in [0.3, 0.4) is 0 Å². The number of hydrogen-bond acceptors (Lipinski definition) is 8. The summed E-state index contributed by atoms with van der Waals surface area (Å²) in [6, 6.07) is 13.7. The van der Waals surface area contributed by atoms with E-state index in [0.717, 1.165) is 5.56 Å². The number of aryl methyl sites for hydroxylation is 1. The fraction of sp³-hybridized carbons (Fsp3) is 0.150. The van der Waals surface area contributed by atoms with Gasteiger partial charge in [0.25, 0.3) is 5.91 Å². The lowest BCUT2D eigenvalue weighted by Crippen LogP contribution is -2.14. The monoisotopic (exact) mass is 442 g/mol. The molecule has 0 atom stereocenters. The van der Waals surface area contributed by atoms with Crippen molar-refractivity contribution in [1.29, 1.82) is 0 Å². The van der Waals surface area contributed by atoms with Crippen LogP contribution in [0.5, 0.6) is 0 Å². The number of rotatable bonds is 7. The summed E-state index contributed by atoms with van der Waals surface area (Å²) in [5.74, 6) is -0.801. The Morgan fingerprint density at radius 3 is 2.47 bits per heavy atom. The van der Waals surface area contributed by atoms with Gasteiger partial charge in [-0.2, -0.15) is 0 Å². The van der Waals surface area contributed by atoms with E-state index in [4.69, 9.17) is 0 Å². The maximum Gasteiger partial charge on any atom is 0.337 e. The van der Waals surface area contributed by atoms with Crippen molar-refractivity contribution in [2.75, 3.05) is 23.5 Å². The van der Waals surface area contributed by atoms with Crippen LogP contribution in [-0.4, -0.2) is 40.8 Å². The van der Waals surface area contributed by atoms with Crippen molar-refractivity contribution in [3.8, 4) is 0 Å². The van der Waals surface area contributed by atoms with E-state index in [2.05, 4.69) is 25.6 Å². The zero-order valence-corrected chi connectivity index (χ0v) is 17.8. The fourth-order valence-corrected chi connectivity index (χ4v) is 3.99. The van der Waals surface area contributed by atoms with Gasteiger partial charge in [0.1, 0.15) is 0 Å². The van der Waals surface area contributed by atoms with Crippen LogP contribution in [0.25, 0.3) is 0 Å². The van der Waals surface area contributed by atoms with Gasteiger partial charge >= 0.3 is 5.97 Å². The Hall–Kier alpha value is -3.24. The van der Waals surface area contributed by atoms with E-state index in [1.54, 1.807) is 36.4 Å². The number of methoxy groups -OCH3 is 1. The molecule has 0 fully saturated rings. The molecule has 2 aromatic carbocycles. The number of nitrogens with one attached hydrogen (secondary N) is 2. The lowest BCUT2D eigenvalue weighted by molar-refractivity contribution is -0.113. The number of nitrogens with zero attached hydrogens (tertiary/aromatic N) is 2. The molecule has 3 aromatic rings. The third kappa shape index (κ3) is 5.65. The minimum absolute atomic E-state index is 0.124. The molecular formula is C20H18N4O4S2. The van der Waals surface area contributed by atoms with Crippen LogP contribution in [0.4, 0.5) is 10.8 Å². The second-order valence-corrected chi connectivity index (χ2v) is 8.25. The summed E-state index contributed by atoms with van der Waals surface area (Å²) in [6.45, 7) is 1.86. The van der Waals surface area contributed by atoms with E-state index >= 15 is 0 Å². The number of benzene rings is 2. The Kier molecular flexibility index (Phi) is 7.15. The van der Waals surface area contributed by atoms with Gasteiger partial charge in [0.15, 0.2) is 4.34 Å². The Bertz CT molecular complexity index is 1070. The molecule has 1 aromatic heterocycles. The smallest absolute Gasteiger partial charge is 0.337 e. The summed E-state index contributed by atoms with van der Waals surface area (Å²) < 4.78 is 5.20. The molecule has 0 saturated carbocycles. The quantitative estimate of drug-likeness (QED) is 0.327. The summed E-state index contributed by atoms with van der Waals surface area (Å²) in [5, 5.41) is 13.8. The predicted molar refractivity (Wildman–Crippen MR) is 116 cm³/mol. The molecule has 0 aliphatic rings. The first-order chi connectivity index (χ1) is 14.5. The van der Waals surface area contributed by atoms with E-state index < -0.39 is 5.97 Å². The number of hydrogen-bond donors (Lipinski definition) is 2. The van der Waals surface area contributed by atoms with Gasteiger partial charge in [0.05, 0.1) is 18.4 Å². The van der Waals surface area contributed by atoms with E-state index in [9.17, 15) is 14.4 Å². The first-order valence-corrected chi connectivity index (χ1v) is 10.6.